The number of alkyl halides is 1. The number of nitrogens with zero attached hydrogens (tertiary/aromatic N) is 3. The Kier molecular flexibility index (Phi) is 9.54. The fraction of sp³-hybridized carbons (Fsp3) is 0.478. The van der Waals surface area contributed by atoms with E-state index in [9.17, 15) is 19.3 Å². The Morgan fingerprint density at radius 2 is 2.03 bits per heavy atom. The van der Waals surface area contributed by atoms with Gasteiger partial charge in [-0.2, -0.15) is 4.98 Å². The first-order valence-electron chi connectivity index (χ1n) is 11.4. The molecule has 1 aromatic carbocycles. The number of aliphatic hydroxyl groups excluding tert-OH is 1. The number of carbonyl (C=O) groups excluding carboxylic acids is 1. The second kappa shape index (κ2) is 12.3. The molecule has 1 aliphatic heterocycles. The number of benzene rings is 1. The Morgan fingerprint density at radius 3 is 2.63 bits per heavy atom. The molecule has 206 valence electrons. The highest BCUT2D eigenvalue weighted by Crippen LogP contribution is 2.52. The number of hydrogen-bond donors (Lipinski definition) is 2. The number of carbonyl (C=O) groups is 1. The smallest absolute Gasteiger partial charge is 0.461 e. The van der Waals surface area contributed by atoms with Crippen molar-refractivity contribution in [2.24, 2.45) is 0 Å². The third-order valence-electron chi connectivity index (χ3n) is 5.09. The normalized spacial score (nSPS) is 25.2. The Morgan fingerprint density at radius 1 is 1.34 bits per heavy atom. The van der Waals surface area contributed by atoms with Gasteiger partial charge in [0.25, 0.3) is 0 Å². The van der Waals surface area contributed by atoms with Gasteiger partial charge in [-0.3, -0.25) is 13.6 Å². The molecule has 2 aromatic rings. The molecule has 6 atom stereocenters. The Balaban J connectivity index is 1.86. The van der Waals surface area contributed by atoms with E-state index >= 15 is 0 Å². The van der Waals surface area contributed by atoms with E-state index in [1.165, 1.54) is 26.0 Å². The molecule has 0 amide bonds. The number of esters is 1. The number of halogens is 1. The number of nitrogens with two attached hydrogens (primary N) is 1. The van der Waals surface area contributed by atoms with Crippen molar-refractivity contribution in [1.82, 2.24) is 14.5 Å². The molecule has 2 heterocycles. The summed E-state index contributed by atoms with van der Waals surface area (Å²) in [5.41, 5.74) is 4.61. The number of anilines is 1. The molecule has 0 radical (unpaired) electrons. The number of aliphatic hydroxyl groups is 1. The Labute approximate surface area is 223 Å². The minimum atomic E-state index is -4.52. The fourth-order valence-electron chi connectivity index (χ4n) is 3.42. The zero-order valence-corrected chi connectivity index (χ0v) is 22.7. The summed E-state index contributed by atoms with van der Waals surface area (Å²) >= 11 is 6.64. The van der Waals surface area contributed by atoms with Gasteiger partial charge in [-0.25, -0.2) is 19.1 Å². The Hall–Kier alpha value is -2.98. The number of ether oxygens (including phenoxy) is 2. The molecular formula is C23H28ClN4O9P. The van der Waals surface area contributed by atoms with E-state index in [0.29, 0.717) is 0 Å². The van der Waals surface area contributed by atoms with Crippen molar-refractivity contribution in [3.05, 3.63) is 47.1 Å². The van der Waals surface area contributed by atoms with Crippen LogP contribution in [-0.4, -0.2) is 61.5 Å². The quantitative estimate of drug-likeness (QED) is 0.184. The molecule has 3 rings (SSSR count). The zero-order valence-electron chi connectivity index (χ0n) is 21.0. The number of nitrogen functional groups attached to an aromatic ring is 1. The van der Waals surface area contributed by atoms with Gasteiger partial charge in [0.05, 0.1) is 12.7 Å². The van der Waals surface area contributed by atoms with Gasteiger partial charge in [0.2, 0.25) is 5.95 Å². The summed E-state index contributed by atoms with van der Waals surface area (Å²) in [4.78, 5) is 30.2. The highest BCUT2D eigenvalue weighted by Gasteiger charge is 2.57. The third-order valence-corrected chi connectivity index (χ3v) is 7.07. The molecule has 1 saturated heterocycles. The lowest BCUT2D eigenvalue weighted by Gasteiger charge is -2.25. The SMILES string of the molecule is CC#C[C@@]1(Cl)C(O)[C@@H](COP(=O)(Oc2ccccc2)O[C@@H](C)C(=O)OC(C)C)O[C@H]1n1cnc(N)nc1=O. The average Bonchev–Trinajstić information content (AvgIpc) is 3.08. The lowest BCUT2D eigenvalue weighted by molar-refractivity contribution is -0.156. The molecule has 0 spiro atoms. The maximum Gasteiger partial charge on any atom is 0.530 e. The van der Waals surface area contributed by atoms with Gasteiger partial charge in [0.1, 0.15) is 24.3 Å². The van der Waals surface area contributed by atoms with E-state index in [4.69, 9.17) is 40.4 Å². The average molecular weight is 571 g/mol. The highest BCUT2D eigenvalue weighted by atomic mass is 35.5. The molecule has 1 aliphatic rings. The van der Waals surface area contributed by atoms with Gasteiger partial charge in [-0.15, -0.1) is 5.92 Å². The zero-order chi connectivity index (χ0) is 28.1. The van der Waals surface area contributed by atoms with Crippen molar-refractivity contribution in [3.8, 4) is 17.6 Å². The van der Waals surface area contributed by atoms with Gasteiger partial charge in [-0.05, 0) is 39.8 Å². The minimum Gasteiger partial charge on any atom is -0.461 e. The van der Waals surface area contributed by atoms with Crippen LogP contribution in [0.15, 0.2) is 41.5 Å². The summed E-state index contributed by atoms with van der Waals surface area (Å²) in [6.07, 6.45) is -4.94. The van der Waals surface area contributed by atoms with Crippen molar-refractivity contribution in [1.29, 1.82) is 0 Å². The van der Waals surface area contributed by atoms with Crippen molar-refractivity contribution in [2.75, 3.05) is 12.3 Å². The monoisotopic (exact) mass is 570 g/mol. The number of hydrogen-bond acceptors (Lipinski definition) is 12. The third kappa shape index (κ3) is 6.91. The maximum absolute atomic E-state index is 13.6. The van der Waals surface area contributed by atoms with E-state index in [1.807, 2.05) is 0 Å². The van der Waals surface area contributed by atoms with E-state index in [2.05, 4.69) is 21.8 Å². The minimum absolute atomic E-state index is 0.125. The Bertz CT molecular complexity index is 1300. The van der Waals surface area contributed by atoms with Crippen LogP contribution in [0, 0.1) is 11.8 Å². The van der Waals surface area contributed by atoms with Crippen LogP contribution in [0.25, 0.3) is 0 Å². The van der Waals surface area contributed by atoms with Gasteiger partial charge >= 0.3 is 19.5 Å². The summed E-state index contributed by atoms with van der Waals surface area (Å²) in [5.74, 6) is 4.29. The maximum atomic E-state index is 13.6. The van der Waals surface area contributed by atoms with Gasteiger partial charge < -0.3 is 24.8 Å². The van der Waals surface area contributed by atoms with Crippen LogP contribution in [0.4, 0.5) is 5.95 Å². The lowest BCUT2D eigenvalue weighted by Crippen LogP contribution is -2.43. The molecule has 0 aliphatic carbocycles. The lowest BCUT2D eigenvalue weighted by atomic mass is 9.99. The molecule has 15 heteroatoms. The number of phosphoric acid groups is 1. The van der Waals surface area contributed by atoms with Gasteiger partial charge in [0.15, 0.2) is 17.2 Å². The van der Waals surface area contributed by atoms with E-state index < -0.39 is 61.6 Å². The summed E-state index contributed by atoms with van der Waals surface area (Å²) in [7, 11) is -4.52. The molecule has 13 nitrogen and oxygen atoms in total. The largest absolute Gasteiger partial charge is 0.530 e. The van der Waals surface area contributed by atoms with Crippen molar-refractivity contribution in [2.45, 2.75) is 63.2 Å². The molecular weight excluding hydrogens is 543 g/mol. The van der Waals surface area contributed by atoms with E-state index in [0.717, 1.165) is 10.9 Å². The molecule has 0 saturated carbocycles. The summed E-state index contributed by atoms with van der Waals surface area (Å²) in [6.45, 7) is 5.49. The van der Waals surface area contributed by atoms with Crippen LogP contribution in [-0.2, 0) is 27.9 Å². The van der Waals surface area contributed by atoms with Crippen molar-refractivity contribution >= 4 is 31.3 Å². The second-order valence-electron chi connectivity index (χ2n) is 8.40. The summed E-state index contributed by atoms with van der Waals surface area (Å²) in [6, 6.07) is 7.97. The molecule has 0 bridgehead atoms. The summed E-state index contributed by atoms with van der Waals surface area (Å²) < 4.78 is 41.8. The highest BCUT2D eigenvalue weighted by molar-refractivity contribution is 7.49. The van der Waals surface area contributed by atoms with Crippen LogP contribution in [0.3, 0.4) is 0 Å². The first-order chi connectivity index (χ1) is 17.9. The van der Waals surface area contributed by atoms with Crippen LogP contribution in [0.5, 0.6) is 5.75 Å². The molecule has 1 fully saturated rings. The standard InChI is InChI=1S/C23H28ClN4O9P/c1-5-11-23(24)18(29)17(35-20(23)28-13-26-21(25)27-22(28)31)12-33-38(32,37-16-9-7-6-8-10-16)36-15(4)19(30)34-14(2)3/h6-10,13-15,17-18,20,29H,12H2,1-4H3,(H2,25,27,31)/t15-,17+,18?,20+,23+,38?/m0/s1. The van der Waals surface area contributed by atoms with Crippen LogP contribution < -0.4 is 15.9 Å². The number of phosphoric ester groups is 1. The van der Waals surface area contributed by atoms with Crippen LogP contribution in [0.1, 0.15) is 33.9 Å². The second-order valence-corrected chi connectivity index (χ2v) is 10.6. The van der Waals surface area contributed by atoms with E-state index in [-0.39, 0.29) is 11.7 Å². The molecule has 1 aromatic heterocycles. The number of aromatic nitrogens is 3. The van der Waals surface area contributed by atoms with Gasteiger partial charge in [0, 0.05) is 0 Å². The fourth-order valence-corrected chi connectivity index (χ4v) is 5.15. The summed E-state index contributed by atoms with van der Waals surface area (Å²) in [5, 5.41) is 11.0. The van der Waals surface area contributed by atoms with E-state index in [1.54, 1.807) is 32.0 Å². The molecule has 3 N–H and O–H groups in total. The first-order valence-corrected chi connectivity index (χ1v) is 13.3. The molecule has 2 unspecified atom stereocenters. The first kappa shape index (κ1) is 29.6. The van der Waals surface area contributed by atoms with Gasteiger partial charge in [-0.1, -0.05) is 35.7 Å². The molecule has 38 heavy (non-hydrogen) atoms. The van der Waals surface area contributed by atoms with Crippen molar-refractivity contribution < 1.29 is 37.5 Å². The number of para-hydroxylation sites is 1. The topological polar surface area (TPSA) is 174 Å². The van der Waals surface area contributed by atoms with Crippen LogP contribution >= 0.6 is 19.4 Å². The van der Waals surface area contributed by atoms with Crippen molar-refractivity contribution in [3.63, 3.8) is 0 Å². The predicted octanol–water partition coefficient (Wildman–Crippen LogP) is 2.04. The predicted molar refractivity (Wildman–Crippen MR) is 135 cm³/mol. The van der Waals surface area contributed by atoms with Crippen LogP contribution in [0.2, 0.25) is 0 Å². The number of rotatable bonds is 10.